The van der Waals surface area contributed by atoms with Crippen molar-refractivity contribution in [3.8, 4) is 0 Å². The molecule has 1 aromatic carbocycles. The maximum atomic E-state index is 12.7. The molecule has 0 unspecified atom stereocenters. The number of sulfone groups is 1. The van der Waals surface area contributed by atoms with Crippen LogP contribution in [0.5, 0.6) is 0 Å². The molecule has 1 atom stereocenters. The molecule has 0 aromatic heterocycles. The van der Waals surface area contributed by atoms with E-state index in [4.69, 9.17) is 0 Å². The van der Waals surface area contributed by atoms with Crippen LogP contribution in [0.15, 0.2) is 18.2 Å². The predicted octanol–water partition coefficient (Wildman–Crippen LogP) is 3.00. The highest BCUT2D eigenvalue weighted by Crippen LogP contribution is 2.39. The third kappa shape index (κ3) is 2.70. The highest BCUT2D eigenvalue weighted by atomic mass is 32.2. The van der Waals surface area contributed by atoms with Crippen LogP contribution in [0.4, 0.5) is 18.9 Å². The van der Waals surface area contributed by atoms with Crippen molar-refractivity contribution in [2.45, 2.75) is 24.8 Å². The van der Waals surface area contributed by atoms with E-state index in [9.17, 15) is 21.6 Å². The van der Waals surface area contributed by atoms with Crippen molar-refractivity contribution in [1.82, 2.24) is 0 Å². The summed E-state index contributed by atoms with van der Waals surface area (Å²) in [5.74, 6) is -0.0760. The van der Waals surface area contributed by atoms with Crippen LogP contribution in [0.1, 0.15) is 29.7 Å². The van der Waals surface area contributed by atoms with E-state index in [2.05, 4.69) is 5.32 Å². The standard InChI is InChI=1S/C12H14F3NO2S/c1-2-19(17,18)11-5-6-16-10-4-3-8(7-9(10)11)12(13,14)15/h3-4,7,11,16H,2,5-6H2,1H3/t11-/m0/s1. The van der Waals surface area contributed by atoms with E-state index < -0.39 is 26.8 Å². The van der Waals surface area contributed by atoms with Crippen LogP contribution < -0.4 is 5.32 Å². The lowest BCUT2D eigenvalue weighted by Gasteiger charge is -2.27. The van der Waals surface area contributed by atoms with Gasteiger partial charge in [0, 0.05) is 18.0 Å². The Bertz CT molecular complexity index is 581. The number of hydrogen-bond acceptors (Lipinski definition) is 3. The predicted molar refractivity (Wildman–Crippen MR) is 66.8 cm³/mol. The van der Waals surface area contributed by atoms with Gasteiger partial charge in [-0.05, 0) is 30.2 Å². The number of alkyl halides is 3. The molecule has 0 spiro atoms. The largest absolute Gasteiger partial charge is 0.416 e. The average molecular weight is 293 g/mol. The summed E-state index contributed by atoms with van der Waals surface area (Å²) in [6.45, 7) is 1.95. The smallest absolute Gasteiger partial charge is 0.385 e. The zero-order valence-corrected chi connectivity index (χ0v) is 11.1. The summed E-state index contributed by atoms with van der Waals surface area (Å²) in [6, 6.07) is 3.21. The molecule has 0 fully saturated rings. The van der Waals surface area contributed by atoms with Crippen LogP contribution in [0.2, 0.25) is 0 Å². The van der Waals surface area contributed by atoms with E-state index >= 15 is 0 Å². The van der Waals surface area contributed by atoms with Gasteiger partial charge in [0.25, 0.3) is 0 Å². The SMILES string of the molecule is CCS(=O)(=O)[C@H]1CCNc2ccc(C(F)(F)F)cc21. The average Bonchev–Trinajstić information content (AvgIpc) is 2.36. The summed E-state index contributed by atoms with van der Waals surface area (Å²) in [6.07, 6.45) is -4.17. The second-order valence-corrected chi connectivity index (χ2v) is 6.93. The Kier molecular flexibility index (Phi) is 3.51. The van der Waals surface area contributed by atoms with Crippen LogP contribution in [0.25, 0.3) is 0 Å². The van der Waals surface area contributed by atoms with E-state index in [1.165, 1.54) is 13.0 Å². The van der Waals surface area contributed by atoms with Gasteiger partial charge in [-0.2, -0.15) is 13.2 Å². The molecule has 0 saturated heterocycles. The number of fused-ring (bicyclic) bond motifs is 1. The fraction of sp³-hybridized carbons (Fsp3) is 0.500. The van der Waals surface area contributed by atoms with E-state index in [-0.39, 0.29) is 11.3 Å². The molecule has 0 saturated carbocycles. The summed E-state index contributed by atoms with van der Waals surface area (Å²) in [4.78, 5) is 0. The lowest BCUT2D eigenvalue weighted by Crippen LogP contribution is -2.25. The summed E-state index contributed by atoms with van der Waals surface area (Å²) in [5.41, 5.74) is -0.115. The van der Waals surface area contributed by atoms with E-state index in [0.717, 1.165) is 12.1 Å². The minimum Gasteiger partial charge on any atom is -0.385 e. The van der Waals surface area contributed by atoms with Crippen LogP contribution in [0.3, 0.4) is 0 Å². The highest BCUT2D eigenvalue weighted by Gasteiger charge is 2.35. The molecule has 3 nitrogen and oxygen atoms in total. The molecule has 1 heterocycles. The normalized spacial score (nSPS) is 19.7. The minimum atomic E-state index is -4.47. The first kappa shape index (κ1) is 14.2. The fourth-order valence-corrected chi connectivity index (χ4v) is 3.70. The topological polar surface area (TPSA) is 46.2 Å². The molecule has 0 amide bonds. The third-order valence-electron chi connectivity index (χ3n) is 3.28. The van der Waals surface area contributed by atoms with Gasteiger partial charge in [-0.15, -0.1) is 0 Å². The summed E-state index contributed by atoms with van der Waals surface area (Å²) >= 11 is 0. The zero-order chi connectivity index (χ0) is 14.3. The first-order valence-corrected chi connectivity index (χ1v) is 7.64. The zero-order valence-electron chi connectivity index (χ0n) is 10.3. The molecule has 0 radical (unpaired) electrons. The maximum absolute atomic E-state index is 12.7. The number of hydrogen-bond donors (Lipinski definition) is 1. The molecule has 2 rings (SSSR count). The Morgan fingerprint density at radius 2 is 2.05 bits per heavy atom. The van der Waals surface area contributed by atoms with E-state index in [1.54, 1.807) is 0 Å². The van der Waals surface area contributed by atoms with Crippen molar-refractivity contribution in [2.75, 3.05) is 17.6 Å². The fourth-order valence-electron chi connectivity index (χ4n) is 2.23. The van der Waals surface area contributed by atoms with Gasteiger partial charge < -0.3 is 5.32 Å². The van der Waals surface area contributed by atoms with Gasteiger partial charge in [0.1, 0.15) is 0 Å². The van der Waals surface area contributed by atoms with E-state index in [0.29, 0.717) is 18.7 Å². The number of halogens is 3. The Morgan fingerprint density at radius 3 is 2.63 bits per heavy atom. The Hall–Kier alpha value is -1.24. The maximum Gasteiger partial charge on any atom is 0.416 e. The molecule has 1 aliphatic rings. The van der Waals surface area contributed by atoms with Crippen LogP contribution >= 0.6 is 0 Å². The number of anilines is 1. The molecule has 7 heteroatoms. The van der Waals surface area contributed by atoms with E-state index in [1.807, 2.05) is 0 Å². The molecule has 0 bridgehead atoms. The second kappa shape index (κ2) is 4.70. The Balaban J connectivity index is 2.54. The van der Waals surface area contributed by atoms with Crippen molar-refractivity contribution in [3.05, 3.63) is 29.3 Å². The second-order valence-electron chi connectivity index (χ2n) is 4.46. The Labute approximate surface area is 109 Å². The highest BCUT2D eigenvalue weighted by molar-refractivity contribution is 7.91. The van der Waals surface area contributed by atoms with Crippen molar-refractivity contribution in [3.63, 3.8) is 0 Å². The van der Waals surface area contributed by atoms with Gasteiger partial charge in [0.05, 0.1) is 10.8 Å². The van der Waals surface area contributed by atoms with Crippen LogP contribution in [0, 0.1) is 0 Å². The van der Waals surface area contributed by atoms with Crippen molar-refractivity contribution < 1.29 is 21.6 Å². The summed E-state index contributed by atoms with van der Waals surface area (Å²) < 4.78 is 62.0. The van der Waals surface area contributed by atoms with Gasteiger partial charge in [-0.3, -0.25) is 0 Å². The van der Waals surface area contributed by atoms with Gasteiger partial charge in [-0.25, -0.2) is 8.42 Å². The van der Waals surface area contributed by atoms with Crippen molar-refractivity contribution in [2.24, 2.45) is 0 Å². The van der Waals surface area contributed by atoms with Gasteiger partial charge in [0.15, 0.2) is 9.84 Å². The third-order valence-corrected chi connectivity index (χ3v) is 5.44. The van der Waals surface area contributed by atoms with Crippen LogP contribution in [-0.4, -0.2) is 20.7 Å². The van der Waals surface area contributed by atoms with Gasteiger partial charge in [-0.1, -0.05) is 6.92 Å². The molecule has 0 aliphatic carbocycles. The minimum absolute atomic E-state index is 0.0760. The number of nitrogens with one attached hydrogen (secondary N) is 1. The summed E-state index contributed by atoms with van der Waals surface area (Å²) in [7, 11) is -3.40. The molecule has 1 N–H and O–H groups in total. The molecule has 19 heavy (non-hydrogen) atoms. The summed E-state index contributed by atoms with van der Waals surface area (Å²) in [5, 5.41) is 2.08. The van der Waals surface area contributed by atoms with Crippen molar-refractivity contribution in [1.29, 1.82) is 0 Å². The lowest BCUT2D eigenvalue weighted by atomic mass is 10.00. The first-order chi connectivity index (χ1) is 8.75. The Morgan fingerprint density at radius 1 is 1.37 bits per heavy atom. The monoisotopic (exact) mass is 293 g/mol. The van der Waals surface area contributed by atoms with Gasteiger partial charge in [0.2, 0.25) is 0 Å². The molecule has 106 valence electrons. The van der Waals surface area contributed by atoms with Crippen molar-refractivity contribution >= 4 is 15.5 Å². The number of benzene rings is 1. The molecule has 1 aromatic rings. The quantitative estimate of drug-likeness (QED) is 0.911. The lowest BCUT2D eigenvalue weighted by molar-refractivity contribution is -0.137. The molecular formula is C12H14F3NO2S. The molecule has 1 aliphatic heterocycles. The number of rotatable bonds is 2. The van der Waals surface area contributed by atoms with Gasteiger partial charge >= 0.3 is 6.18 Å². The van der Waals surface area contributed by atoms with Crippen LogP contribution in [-0.2, 0) is 16.0 Å². The molecular weight excluding hydrogens is 279 g/mol. The first-order valence-electron chi connectivity index (χ1n) is 5.92.